The third-order valence-electron chi connectivity index (χ3n) is 4.69. The smallest absolute Gasteiger partial charge is 0.244 e. The van der Waals surface area contributed by atoms with Gasteiger partial charge in [-0.2, -0.15) is 0 Å². The number of nitrogens with one attached hydrogen (secondary N) is 1. The number of ether oxygens (including phenoxy) is 1. The SMILES string of the molecule is CCc1nc2ccccc2n1CC(=O)Nc1cc(C(C)(C)C)ccc1OC. The van der Waals surface area contributed by atoms with Gasteiger partial charge in [-0.15, -0.1) is 0 Å². The summed E-state index contributed by atoms with van der Waals surface area (Å²) in [6.07, 6.45) is 0.769. The molecule has 27 heavy (non-hydrogen) atoms. The molecule has 0 fully saturated rings. The van der Waals surface area contributed by atoms with E-state index in [4.69, 9.17) is 4.74 Å². The van der Waals surface area contributed by atoms with Crippen LogP contribution in [0.2, 0.25) is 0 Å². The fourth-order valence-electron chi connectivity index (χ4n) is 3.18. The van der Waals surface area contributed by atoms with Crippen molar-refractivity contribution in [1.29, 1.82) is 0 Å². The third-order valence-corrected chi connectivity index (χ3v) is 4.69. The number of methoxy groups -OCH3 is 1. The summed E-state index contributed by atoms with van der Waals surface area (Å²) >= 11 is 0. The zero-order valence-electron chi connectivity index (χ0n) is 16.7. The summed E-state index contributed by atoms with van der Waals surface area (Å²) in [6.45, 7) is 8.70. The number of rotatable bonds is 5. The number of benzene rings is 2. The van der Waals surface area contributed by atoms with Gasteiger partial charge in [0.25, 0.3) is 0 Å². The van der Waals surface area contributed by atoms with Gasteiger partial charge in [-0.05, 0) is 35.2 Å². The summed E-state index contributed by atoms with van der Waals surface area (Å²) in [4.78, 5) is 17.4. The quantitative estimate of drug-likeness (QED) is 0.722. The van der Waals surface area contributed by atoms with Gasteiger partial charge in [0.15, 0.2) is 0 Å². The lowest BCUT2D eigenvalue weighted by Gasteiger charge is -2.21. The summed E-state index contributed by atoms with van der Waals surface area (Å²) in [5.74, 6) is 1.46. The highest BCUT2D eigenvalue weighted by Crippen LogP contribution is 2.31. The minimum absolute atomic E-state index is 0.0122. The number of hydrogen-bond donors (Lipinski definition) is 1. The van der Waals surface area contributed by atoms with Crippen LogP contribution in [0.3, 0.4) is 0 Å². The summed E-state index contributed by atoms with van der Waals surface area (Å²) in [7, 11) is 1.61. The molecule has 5 nitrogen and oxygen atoms in total. The number of aromatic nitrogens is 2. The van der Waals surface area contributed by atoms with Crippen molar-refractivity contribution in [1.82, 2.24) is 9.55 Å². The Morgan fingerprint density at radius 2 is 1.93 bits per heavy atom. The lowest BCUT2D eigenvalue weighted by atomic mass is 9.87. The Morgan fingerprint density at radius 1 is 1.19 bits per heavy atom. The largest absolute Gasteiger partial charge is 0.495 e. The molecular formula is C22H27N3O2. The zero-order valence-corrected chi connectivity index (χ0v) is 16.7. The standard InChI is InChI=1S/C22H27N3O2/c1-6-20-23-16-9-7-8-10-18(16)25(20)14-21(26)24-17-13-15(22(2,3)4)11-12-19(17)27-5/h7-13H,6,14H2,1-5H3,(H,24,26). The van der Waals surface area contributed by atoms with Crippen LogP contribution in [0, 0.1) is 0 Å². The maximum Gasteiger partial charge on any atom is 0.244 e. The monoisotopic (exact) mass is 365 g/mol. The summed E-state index contributed by atoms with van der Waals surface area (Å²) in [5.41, 5.74) is 3.70. The summed E-state index contributed by atoms with van der Waals surface area (Å²) in [5, 5.41) is 3.02. The van der Waals surface area contributed by atoms with E-state index in [2.05, 4.69) is 31.1 Å². The molecule has 0 aliphatic heterocycles. The minimum Gasteiger partial charge on any atom is -0.495 e. The van der Waals surface area contributed by atoms with Crippen LogP contribution in [0.4, 0.5) is 5.69 Å². The van der Waals surface area contributed by atoms with E-state index in [9.17, 15) is 4.79 Å². The van der Waals surface area contributed by atoms with Gasteiger partial charge < -0.3 is 14.6 Å². The van der Waals surface area contributed by atoms with Crippen molar-refractivity contribution in [3.05, 3.63) is 53.9 Å². The van der Waals surface area contributed by atoms with Crippen LogP contribution in [0.25, 0.3) is 11.0 Å². The van der Waals surface area contributed by atoms with Crippen molar-refractivity contribution in [2.45, 2.75) is 46.1 Å². The average molecular weight is 365 g/mol. The van der Waals surface area contributed by atoms with Crippen molar-refractivity contribution < 1.29 is 9.53 Å². The Hall–Kier alpha value is -2.82. The molecule has 0 radical (unpaired) electrons. The van der Waals surface area contributed by atoms with Gasteiger partial charge in [-0.1, -0.05) is 45.9 Å². The first-order valence-corrected chi connectivity index (χ1v) is 9.26. The van der Waals surface area contributed by atoms with Crippen molar-refractivity contribution in [3.8, 4) is 5.75 Å². The predicted molar refractivity (Wildman–Crippen MR) is 109 cm³/mol. The maximum absolute atomic E-state index is 12.8. The second-order valence-electron chi connectivity index (χ2n) is 7.67. The molecule has 2 aromatic carbocycles. The number of carbonyl (C=O) groups is 1. The molecule has 1 heterocycles. The van der Waals surface area contributed by atoms with Crippen LogP contribution in [-0.2, 0) is 23.2 Å². The van der Waals surface area contributed by atoms with E-state index in [0.717, 1.165) is 28.8 Å². The fraction of sp³-hybridized carbons (Fsp3) is 0.364. The molecule has 0 bridgehead atoms. The lowest BCUT2D eigenvalue weighted by Crippen LogP contribution is -2.21. The molecular weight excluding hydrogens is 338 g/mol. The van der Waals surface area contributed by atoms with E-state index in [1.807, 2.05) is 54.0 Å². The molecule has 0 spiro atoms. The van der Waals surface area contributed by atoms with Crippen molar-refractivity contribution in [2.75, 3.05) is 12.4 Å². The van der Waals surface area contributed by atoms with Crippen LogP contribution in [-0.4, -0.2) is 22.6 Å². The number of carbonyl (C=O) groups excluding carboxylic acids is 1. The first-order valence-electron chi connectivity index (χ1n) is 9.26. The van der Waals surface area contributed by atoms with E-state index >= 15 is 0 Å². The molecule has 3 rings (SSSR count). The van der Waals surface area contributed by atoms with Gasteiger partial charge in [0.05, 0.1) is 23.8 Å². The highest BCUT2D eigenvalue weighted by atomic mass is 16.5. The molecule has 3 aromatic rings. The number of fused-ring (bicyclic) bond motifs is 1. The van der Waals surface area contributed by atoms with Gasteiger partial charge in [0, 0.05) is 6.42 Å². The highest BCUT2D eigenvalue weighted by molar-refractivity contribution is 5.93. The van der Waals surface area contributed by atoms with Gasteiger partial charge in [0.1, 0.15) is 18.1 Å². The summed E-state index contributed by atoms with van der Waals surface area (Å²) < 4.78 is 7.41. The van der Waals surface area contributed by atoms with Gasteiger partial charge in [0.2, 0.25) is 5.91 Å². The second kappa shape index (κ2) is 7.43. The Balaban J connectivity index is 1.89. The number of hydrogen-bond acceptors (Lipinski definition) is 3. The molecule has 1 amide bonds. The van der Waals surface area contributed by atoms with E-state index in [0.29, 0.717) is 11.4 Å². The first kappa shape index (κ1) is 19.0. The number of aryl methyl sites for hydroxylation is 1. The second-order valence-corrected chi connectivity index (χ2v) is 7.67. The molecule has 0 unspecified atom stereocenters. The van der Waals surface area contributed by atoms with Crippen LogP contribution in [0.1, 0.15) is 39.1 Å². The molecule has 142 valence electrons. The normalized spacial score (nSPS) is 11.6. The van der Waals surface area contributed by atoms with Crippen molar-refractivity contribution >= 4 is 22.6 Å². The predicted octanol–water partition coefficient (Wildman–Crippen LogP) is 4.54. The van der Waals surface area contributed by atoms with Crippen LogP contribution in [0.15, 0.2) is 42.5 Å². The van der Waals surface area contributed by atoms with E-state index in [1.54, 1.807) is 7.11 Å². The van der Waals surface area contributed by atoms with Crippen molar-refractivity contribution in [2.24, 2.45) is 0 Å². The number of amides is 1. The van der Waals surface area contributed by atoms with Gasteiger partial charge in [-0.25, -0.2) is 4.98 Å². The molecule has 0 saturated carbocycles. The molecule has 0 atom stereocenters. The fourth-order valence-corrected chi connectivity index (χ4v) is 3.18. The number of imidazole rings is 1. The zero-order chi connectivity index (χ0) is 19.6. The van der Waals surface area contributed by atoms with Crippen LogP contribution in [0.5, 0.6) is 5.75 Å². The van der Waals surface area contributed by atoms with Gasteiger partial charge >= 0.3 is 0 Å². The first-order chi connectivity index (χ1) is 12.8. The Labute approximate surface area is 160 Å². The molecule has 1 aromatic heterocycles. The highest BCUT2D eigenvalue weighted by Gasteiger charge is 2.18. The van der Waals surface area contributed by atoms with E-state index < -0.39 is 0 Å². The Bertz CT molecular complexity index is 967. The molecule has 0 aliphatic rings. The molecule has 0 saturated heterocycles. The minimum atomic E-state index is -0.0998. The number of nitrogens with zero attached hydrogens (tertiary/aromatic N) is 2. The molecule has 5 heteroatoms. The van der Waals surface area contributed by atoms with E-state index in [1.165, 1.54) is 0 Å². The third kappa shape index (κ3) is 3.97. The van der Waals surface area contributed by atoms with Crippen LogP contribution >= 0.6 is 0 Å². The molecule has 0 aliphatic carbocycles. The average Bonchev–Trinajstić information content (AvgIpc) is 2.98. The topological polar surface area (TPSA) is 56.2 Å². The number of anilines is 1. The summed E-state index contributed by atoms with van der Waals surface area (Å²) in [6, 6.07) is 13.8. The lowest BCUT2D eigenvalue weighted by molar-refractivity contribution is -0.116. The Morgan fingerprint density at radius 3 is 2.59 bits per heavy atom. The molecule has 1 N–H and O–H groups in total. The van der Waals surface area contributed by atoms with Crippen LogP contribution < -0.4 is 10.1 Å². The maximum atomic E-state index is 12.8. The number of para-hydroxylation sites is 2. The van der Waals surface area contributed by atoms with Gasteiger partial charge in [-0.3, -0.25) is 4.79 Å². The van der Waals surface area contributed by atoms with Crippen molar-refractivity contribution in [3.63, 3.8) is 0 Å². The Kier molecular flexibility index (Phi) is 5.22. The van der Waals surface area contributed by atoms with E-state index in [-0.39, 0.29) is 17.9 Å².